The van der Waals surface area contributed by atoms with Crippen molar-refractivity contribution < 1.29 is 22.2 Å². The molecule has 1 amide bonds. The van der Waals surface area contributed by atoms with E-state index in [1.54, 1.807) is 6.07 Å². The summed E-state index contributed by atoms with van der Waals surface area (Å²) >= 11 is 0. The quantitative estimate of drug-likeness (QED) is 0.788. The number of carbonyl (C=O) groups excluding carboxylic acids is 1. The molecular weight excluding hydrogens is 308 g/mol. The lowest BCUT2D eigenvalue weighted by Gasteiger charge is -2.02. The minimum absolute atomic E-state index is 0.0620. The first-order chi connectivity index (χ1) is 10.4. The van der Waals surface area contributed by atoms with Gasteiger partial charge >= 0.3 is 0 Å². The van der Waals surface area contributed by atoms with E-state index >= 15 is 0 Å². The molecule has 0 atom stereocenters. The van der Waals surface area contributed by atoms with Gasteiger partial charge in [-0.25, -0.2) is 13.1 Å². The maximum absolute atomic E-state index is 12.0. The number of aryl methyl sites for hydroxylation is 1. The van der Waals surface area contributed by atoms with Crippen LogP contribution in [0.4, 0.5) is 0 Å². The first kappa shape index (κ1) is 14.3. The molecule has 8 heteroatoms. The highest BCUT2D eigenvalue weighted by atomic mass is 32.2. The SMILES string of the molecule is Cc1cccc2cc(C(=O)NS(=O)(=O)Cc3ccon3)oc12. The van der Waals surface area contributed by atoms with Gasteiger partial charge in [-0.15, -0.1) is 0 Å². The number of sulfonamides is 1. The fourth-order valence-corrected chi connectivity index (χ4v) is 3.05. The molecule has 2 heterocycles. The zero-order valence-electron chi connectivity index (χ0n) is 11.6. The van der Waals surface area contributed by atoms with Crippen LogP contribution in [0.25, 0.3) is 11.0 Å². The van der Waals surface area contributed by atoms with E-state index in [0.717, 1.165) is 10.9 Å². The van der Waals surface area contributed by atoms with Crippen molar-refractivity contribution in [1.29, 1.82) is 0 Å². The maximum atomic E-state index is 12.0. The molecule has 0 fully saturated rings. The summed E-state index contributed by atoms with van der Waals surface area (Å²) in [6.45, 7) is 1.84. The lowest BCUT2D eigenvalue weighted by molar-refractivity contribution is 0.0956. The number of amides is 1. The molecule has 0 aliphatic heterocycles. The van der Waals surface area contributed by atoms with Crippen molar-refractivity contribution in [2.45, 2.75) is 12.7 Å². The Labute approximate surface area is 125 Å². The molecule has 7 nitrogen and oxygen atoms in total. The second-order valence-electron chi connectivity index (χ2n) is 4.78. The third-order valence-electron chi connectivity index (χ3n) is 3.04. The Kier molecular flexibility index (Phi) is 3.45. The van der Waals surface area contributed by atoms with Crippen LogP contribution in [0.3, 0.4) is 0 Å². The molecule has 0 radical (unpaired) electrons. The van der Waals surface area contributed by atoms with Gasteiger partial charge in [-0.2, -0.15) is 0 Å². The van der Waals surface area contributed by atoms with Crippen LogP contribution >= 0.6 is 0 Å². The molecule has 2 aromatic heterocycles. The molecule has 3 rings (SSSR count). The van der Waals surface area contributed by atoms with Gasteiger partial charge in [0, 0.05) is 11.5 Å². The number of aromatic nitrogens is 1. The number of benzene rings is 1. The van der Waals surface area contributed by atoms with Crippen LogP contribution in [0.2, 0.25) is 0 Å². The lowest BCUT2D eigenvalue weighted by Crippen LogP contribution is -2.31. The number of hydrogen-bond acceptors (Lipinski definition) is 6. The van der Waals surface area contributed by atoms with Gasteiger partial charge in [0.25, 0.3) is 5.91 Å². The summed E-state index contributed by atoms with van der Waals surface area (Å²) in [6.07, 6.45) is 1.26. The number of rotatable bonds is 4. The minimum Gasteiger partial charge on any atom is -0.451 e. The van der Waals surface area contributed by atoms with Crippen LogP contribution in [0.5, 0.6) is 0 Å². The van der Waals surface area contributed by atoms with Gasteiger partial charge < -0.3 is 8.94 Å². The number of hydrogen-bond donors (Lipinski definition) is 1. The number of fused-ring (bicyclic) bond motifs is 1. The van der Waals surface area contributed by atoms with E-state index in [1.807, 2.05) is 23.8 Å². The number of carbonyl (C=O) groups is 1. The third-order valence-corrected chi connectivity index (χ3v) is 4.21. The van der Waals surface area contributed by atoms with Crippen LogP contribution < -0.4 is 4.72 Å². The fraction of sp³-hybridized carbons (Fsp3) is 0.143. The molecule has 0 saturated heterocycles. The monoisotopic (exact) mass is 320 g/mol. The Morgan fingerprint density at radius 3 is 2.82 bits per heavy atom. The van der Waals surface area contributed by atoms with E-state index in [1.165, 1.54) is 18.4 Å². The highest BCUT2D eigenvalue weighted by Crippen LogP contribution is 2.22. The van der Waals surface area contributed by atoms with Gasteiger partial charge in [0.1, 0.15) is 23.3 Å². The number of para-hydroxylation sites is 1. The fourth-order valence-electron chi connectivity index (χ4n) is 2.06. The predicted octanol–water partition coefficient (Wildman–Crippen LogP) is 1.99. The normalized spacial score (nSPS) is 11.7. The van der Waals surface area contributed by atoms with Gasteiger partial charge in [-0.3, -0.25) is 4.79 Å². The predicted molar refractivity (Wildman–Crippen MR) is 77.5 cm³/mol. The van der Waals surface area contributed by atoms with Crippen molar-refractivity contribution in [2.24, 2.45) is 0 Å². The smallest absolute Gasteiger partial charge is 0.300 e. The molecule has 0 aliphatic carbocycles. The summed E-state index contributed by atoms with van der Waals surface area (Å²) in [5.41, 5.74) is 1.63. The summed E-state index contributed by atoms with van der Waals surface area (Å²) in [4.78, 5) is 12.0. The standard InChI is InChI=1S/C14H12N2O5S/c1-9-3-2-4-10-7-12(21-13(9)10)14(17)16-22(18,19)8-11-5-6-20-15-11/h2-7H,8H2,1H3,(H,16,17). The van der Waals surface area contributed by atoms with Crippen molar-refractivity contribution in [3.8, 4) is 0 Å². The molecule has 1 N–H and O–H groups in total. The van der Waals surface area contributed by atoms with Gasteiger partial charge in [0.2, 0.25) is 10.0 Å². The van der Waals surface area contributed by atoms with Crippen LogP contribution in [0, 0.1) is 6.92 Å². The van der Waals surface area contributed by atoms with Gasteiger partial charge in [0.15, 0.2) is 5.76 Å². The molecule has 22 heavy (non-hydrogen) atoms. The van der Waals surface area contributed by atoms with Crippen LogP contribution in [0.15, 0.2) is 45.5 Å². The summed E-state index contributed by atoms with van der Waals surface area (Å²) in [6, 6.07) is 8.37. The van der Waals surface area contributed by atoms with Crippen LogP contribution in [-0.4, -0.2) is 19.5 Å². The molecule has 0 saturated carbocycles. The average Bonchev–Trinajstić information content (AvgIpc) is 3.07. The Morgan fingerprint density at radius 1 is 1.32 bits per heavy atom. The minimum atomic E-state index is -3.88. The largest absolute Gasteiger partial charge is 0.451 e. The van der Waals surface area contributed by atoms with E-state index in [-0.39, 0.29) is 11.5 Å². The second kappa shape index (κ2) is 5.30. The van der Waals surface area contributed by atoms with E-state index in [0.29, 0.717) is 5.58 Å². The van der Waals surface area contributed by atoms with Crippen molar-refractivity contribution >= 4 is 26.9 Å². The Bertz CT molecular complexity index is 925. The highest BCUT2D eigenvalue weighted by Gasteiger charge is 2.21. The highest BCUT2D eigenvalue weighted by molar-refractivity contribution is 7.89. The van der Waals surface area contributed by atoms with E-state index in [4.69, 9.17) is 4.42 Å². The summed E-state index contributed by atoms with van der Waals surface area (Å²) in [5, 5.41) is 4.23. The number of nitrogens with zero attached hydrogens (tertiary/aromatic N) is 1. The zero-order chi connectivity index (χ0) is 15.7. The second-order valence-corrected chi connectivity index (χ2v) is 6.51. The molecule has 3 aromatic rings. The first-order valence-electron chi connectivity index (χ1n) is 6.38. The number of nitrogens with one attached hydrogen (secondary N) is 1. The van der Waals surface area contributed by atoms with Crippen molar-refractivity contribution in [1.82, 2.24) is 9.88 Å². The average molecular weight is 320 g/mol. The zero-order valence-corrected chi connectivity index (χ0v) is 12.4. The van der Waals surface area contributed by atoms with Crippen LogP contribution in [-0.2, 0) is 15.8 Å². The van der Waals surface area contributed by atoms with Gasteiger partial charge in [0.05, 0.1) is 0 Å². The Morgan fingerprint density at radius 2 is 2.14 bits per heavy atom. The van der Waals surface area contributed by atoms with E-state index < -0.39 is 21.7 Å². The third kappa shape index (κ3) is 2.86. The van der Waals surface area contributed by atoms with Crippen LogP contribution in [0.1, 0.15) is 21.8 Å². The molecule has 0 unspecified atom stereocenters. The summed E-state index contributed by atoms with van der Waals surface area (Å²) in [5.74, 6) is -1.33. The molecular formula is C14H12N2O5S. The van der Waals surface area contributed by atoms with Crippen molar-refractivity contribution in [3.05, 3.63) is 53.6 Å². The molecule has 114 valence electrons. The Hall–Kier alpha value is -2.61. The van der Waals surface area contributed by atoms with Gasteiger partial charge in [-0.1, -0.05) is 23.4 Å². The van der Waals surface area contributed by atoms with Crippen molar-refractivity contribution in [3.63, 3.8) is 0 Å². The van der Waals surface area contributed by atoms with E-state index in [9.17, 15) is 13.2 Å². The summed E-state index contributed by atoms with van der Waals surface area (Å²) in [7, 11) is -3.88. The molecule has 0 bridgehead atoms. The first-order valence-corrected chi connectivity index (χ1v) is 8.03. The number of furan rings is 1. The molecule has 0 aliphatic rings. The summed E-state index contributed by atoms with van der Waals surface area (Å²) < 4.78 is 35.8. The lowest BCUT2D eigenvalue weighted by atomic mass is 10.2. The van der Waals surface area contributed by atoms with Crippen molar-refractivity contribution in [2.75, 3.05) is 0 Å². The maximum Gasteiger partial charge on any atom is 0.300 e. The topological polar surface area (TPSA) is 102 Å². The molecule has 0 spiro atoms. The Balaban J connectivity index is 1.82. The van der Waals surface area contributed by atoms with E-state index in [2.05, 4.69) is 9.68 Å². The van der Waals surface area contributed by atoms with Gasteiger partial charge in [-0.05, 0) is 18.6 Å². The molecule has 1 aromatic carbocycles.